The zero-order valence-electron chi connectivity index (χ0n) is 22.9. The topological polar surface area (TPSA) is 63.4 Å². The Kier molecular flexibility index (Phi) is 10.2. The van der Waals surface area contributed by atoms with Crippen molar-refractivity contribution in [2.45, 2.75) is 50.9 Å². The van der Waals surface area contributed by atoms with Crippen molar-refractivity contribution < 1.29 is 35.9 Å². The molecule has 4 nitrogen and oxygen atoms in total. The van der Waals surface area contributed by atoms with E-state index in [1.807, 2.05) is 0 Å². The second-order valence-corrected chi connectivity index (χ2v) is 11.3. The minimum Gasteiger partial charge on any atom is -0.333 e. The Labute approximate surface area is 253 Å². The summed E-state index contributed by atoms with van der Waals surface area (Å²) in [5, 5.41) is -0.375. The predicted octanol–water partition coefficient (Wildman–Crippen LogP) is 8.93. The van der Waals surface area contributed by atoms with Crippen molar-refractivity contribution in [3.8, 4) is 11.1 Å². The van der Waals surface area contributed by atoms with Crippen LogP contribution in [-0.2, 0) is 6.54 Å². The number of hydrogen-bond donors (Lipinski definition) is 1. The zero-order chi connectivity index (χ0) is 31.5. The number of carbonyl (C=O) groups is 2. The molecule has 0 bridgehead atoms. The normalized spacial score (nSPS) is 13.9. The van der Waals surface area contributed by atoms with Gasteiger partial charge < -0.3 is 10.6 Å². The summed E-state index contributed by atoms with van der Waals surface area (Å²) in [6, 6.07) is 10.5. The van der Waals surface area contributed by atoms with E-state index in [0.717, 1.165) is 54.9 Å². The summed E-state index contributed by atoms with van der Waals surface area (Å²) in [7, 11) is 1.50. The van der Waals surface area contributed by atoms with Gasteiger partial charge >= 0.3 is 6.18 Å². The maximum Gasteiger partial charge on any atom is 0.454 e. The van der Waals surface area contributed by atoms with Crippen LogP contribution in [0.15, 0.2) is 54.6 Å². The summed E-state index contributed by atoms with van der Waals surface area (Å²) >= 11 is 7.15. The van der Waals surface area contributed by atoms with Crippen LogP contribution in [0.25, 0.3) is 21.2 Å². The number of ketones is 1. The van der Waals surface area contributed by atoms with Gasteiger partial charge in [0.05, 0.1) is 15.1 Å². The van der Waals surface area contributed by atoms with Crippen LogP contribution >= 0.6 is 22.9 Å². The van der Waals surface area contributed by atoms with Gasteiger partial charge in [0.1, 0.15) is 22.3 Å². The molecule has 0 atom stereocenters. The van der Waals surface area contributed by atoms with Crippen molar-refractivity contribution in [3.05, 3.63) is 93.1 Å². The number of hydrogen-bond acceptors (Lipinski definition) is 4. The minimum absolute atomic E-state index is 0.0438. The lowest BCUT2D eigenvalue weighted by Gasteiger charge is -2.34. The van der Waals surface area contributed by atoms with Crippen LogP contribution in [0, 0.1) is 17.5 Å². The summed E-state index contributed by atoms with van der Waals surface area (Å²) in [6.07, 6.45) is -1.00. The average Bonchev–Trinajstić information content (AvgIpc) is 3.37. The molecule has 0 aliphatic heterocycles. The monoisotopic (exact) mass is 640 g/mol. The predicted molar refractivity (Wildman–Crippen MR) is 156 cm³/mol. The fourth-order valence-corrected chi connectivity index (χ4v) is 6.67. The van der Waals surface area contributed by atoms with Crippen LogP contribution in [0.3, 0.4) is 0 Å². The first-order valence-corrected chi connectivity index (χ1v) is 14.6. The lowest BCUT2D eigenvalue weighted by molar-refractivity contribution is -0.0885. The highest BCUT2D eigenvalue weighted by Gasteiger charge is 2.39. The number of nitrogens with zero attached hydrogens (tertiary/aromatic N) is 1. The van der Waals surface area contributed by atoms with E-state index in [0.29, 0.717) is 24.0 Å². The number of Topliss-reactive ketones (excluding diaryl/α,β-unsaturated/α-hetero) is 1. The van der Waals surface area contributed by atoms with Crippen molar-refractivity contribution in [3.63, 3.8) is 0 Å². The van der Waals surface area contributed by atoms with Crippen LogP contribution in [0.1, 0.15) is 57.7 Å². The molecule has 5 rings (SSSR count). The Morgan fingerprint density at radius 2 is 1.47 bits per heavy atom. The highest BCUT2D eigenvalue weighted by molar-refractivity contribution is 7.21. The number of alkyl halides is 3. The third-order valence-electron chi connectivity index (χ3n) is 7.28. The number of benzene rings is 3. The molecule has 1 aliphatic rings. The van der Waals surface area contributed by atoms with E-state index in [1.165, 1.54) is 42.3 Å². The smallest absolute Gasteiger partial charge is 0.333 e. The molecule has 0 saturated heterocycles. The van der Waals surface area contributed by atoms with Gasteiger partial charge in [-0.3, -0.25) is 9.59 Å². The molecule has 1 heterocycles. The van der Waals surface area contributed by atoms with Gasteiger partial charge in [-0.15, -0.1) is 11.3 Å². The molecule has 12 heteroatoms. The van der Waals surface area contributed by atoms with Crippen molar-refractivity contribution in [1.82, 2.24) is 4.90 Å². The molecule has 0 radical (unpaired) electrons. The van der Waals surface area contributed by atoms with Crippen LogP contribution in [0.4, 0.5) is 26.3 Å². The van der Waals surface area contributed by atoms with E-state index in [1.54, 1.807) is 0 Å². The van der Waals surface area contributed by atoms with Crippen molar-refractivity contribution in [1.29, 1.82) is 0 Å². The van der Waals surface area contributed by atoms with Gasteiger partial charge in [0.25, 0.3) is 11.7 Å². The van der Waals surface area contributed by atoms with Gasteiger partial charge in [0.2, 0.25) is 0 Å². The maximum atomic E-state index is 15.1. The molecule has 1 saturated carbocycles. The number of nitrogens with two attached hydrogens (primary N) is 1. The van der Waals surface area contributed by atoms with Crippen LogP contribution in [0.2, 0.25) is 5.02 Å². The van der Waals surface area contributed by atoms with Crippen molar-refractivity contribution >= 4 is 44.7 Å². The SMILES string of the molecule is CN.O=C(c1sc2c(F)ccc(F)c2c1Cl)N(Cc1cc(-c2ccc(C(=O)C(F)(F)F)cc2)ccc1F)C1CCCCC1. The zero-order valence-corrected chi connectivity index (χ0v) is 24.5. The van der Waals surface area contributed by atoms with Gasteiger partial charge in [-0.05, 0) is 55.3 Å². The number of amides is 1. The standard InChI is InChI=1S/C30H22ClF6NO2S.CH5N/c31-25-24-22(33)12-13-23(34)26(24)41-27(25)29(40)38(20-4-2-1-3-5-20)15-19-14-18(10-11-21(19)32)16-6-8-17(9-7-16)28(39)30(35,36)37;1-2/h6-14,20H,1-5,15H2;2H2,1H3. The molecule has 1 aromatic heterocycles. The molecule has 3 aromatic carbocycles. The fraction of sp³-hybridized carbons (Fsp3) is 0.290. The van der Waals surface area contributed by atoms with E-state index >= 15 is 4.39 Å². The average molecular weight is 641 g/mol. The molecular weight excluding hydrogens is 614 g/mol. The summed E-state index contributed by atoms with van der Waals surface area (Å²) < 4.78 is 82.3. The second kappa shape index (κ2) is 13.5. The van der Waals surface area contributed by atoms with Gasteiger partial charge in [0, 0.05) is 23.7 Å². The van der Waals surface area contributed by atoms with E-state index in [9.17, 15) is 31.5 Å². The summed E-state index contributed by atoms with van der Waals surface area (Å²) in [6.45, 7) is -0.163. The van der Waals surface area contributed by atoms with E-state index in [-0.39, 0.29) is 38.1 Å². The fourth-order valence-electron chi connectivity index (χ4n) is 5.16. The quantitative estimate of drug-likeness (QED) is 0.169. The molecular formula is C31H27ClF6N2O2S. The molecule has 228 valence electrons. The number of fused-ring (bicyclic) bond motifs is 1. The maximum absolute atomic E-state index is 15.1. The molecule has 0 spiro atoms. The van der Waals surface area contributed by atoms with Gasteiger partial charge in [-0.25, -0.2) is 13.2 Å². The Morgan fingerprint density at radius 3 is 2.07 bits per heavy atom. The Balaban J connectivity index is 0.00000207. The first kappa shape index (κ1) is 32.5. The lowest BCUT2D eigenvalue weighted by atomic mass is 9.93. The summed E-state index contributed by atoms with van der Waals surface area (Å²) in [5.74, 6) is -4.61. The van der Waals surface area contributed by atoms with Gasteiger partial charge in [-0.1, -0.05) is 61.2 Å². The Bertz CT molecular complexity index is 1630. The number of thiophene rings is 1. The molecule has 1 aliphatic carbocycles. The molecule has 1 amide bonds. The first-order chi connectivity index (χ1) is 20.5. The number of halogens is 7. The van der Waals surface area contributed by atoms with E-state index < -0.39 is 40.9 Å². The second-order valence-electron chi connectivity index (χ2n) is 9.91. The van der Waals surface area contributed by atoms with E-state index in [2.05, 4.69) is 5.73 Å². The molecule has 1 fully saturated rings. The highest BCUT2D eigenvalue weighted by atomic mass is 35.5. The van der Waals surface area contributed by atoms with Gasteiger partial charge in [-0.2, -0.15) is 13.2 Å². The number of rotatable bonds is 6. The molecule has 4 aromatic rings. The third kappa shape index (κ3) is 6.89. The lowest BCUT2D eigenvalue weighted by Crippen LogP contribution is -2.41. The summed E-state index contributed by atoms with van der Waals surface area (Å²) in [4.78, 5) is 26.8. The van der Waals surface area contributed by atoms with Crippen LogP contribution < -0.4 is 5.73 Å². The molecule has 43 heavy (non-hydrogen) atoms. The number of carbonyl (C=O) groups excluding carboxylic acids is 2. The molecule has 0 unspecified atom stereocenters. The summed E-state index contributed by atoms with van der Waals surface area (Å²) in [5.41, 5.74) is 5.03. The largest absolute Gasteiger partial charge is 0.454 e. The van der Waals surface area contributed by atoms with Crippen LogP contribution in [0.5, 0.6) is 0 Å². The highest BCUT2D eigenvalue weighted by Crippen LogP contribution is 2.40. The third-order valence-corrected chi connectivity index (χ3v) is 8.95. The van der Waals surface area contributed by atoms with Crippen molar-refractivity contribution in [2.75, 3.05) is 7.05 Å². The van der Waals surface area contributed by atoms with Crippen molar-refractivity contribution in [2.24, 2.45) is 5.73 Å². The minimum atomic E-state index is -5.01. The first-order valence-electron chi connectivity index (χ1n) is 13.4. The molecule has 2 N–H and O–H groups in total. The van der Waals surface area contributed by atoms with Gasteiger partial charge in [0.15, 0.2) is 0 Å². The van der Waals surface area contributed by atoms with E-state index in [4.69, 9.17) is 11.6 Å². The Hall–Kier alpha value is -3.41. The Morgan fingerprint density at radius 1 is 0.884 bits per heavy atom. The van der Waals surface area contributed by atoms with Crippen LogP contribution in [-0.4, -0.2) is 35.9 Å².